The summed E-state index contributed by atoms with van der Waals surface area (Å²) in [5.74, 6) is -2.27. The van der Waals surface area contributed by atoms with Crippen molar-refractivity contribution < 1.29 is 23.9 Å². The van der Waals surface area contributed by atoms with Crippen molar-refractivity contribution in [3.63, 3.8) is 0 Å². The fourth-order valence-corrected chi connectivity index (χ4v) is 7.93. The number of anilines is 2. The lowest BCUT2D eigenvalue weighted by Gasteiger charge is -2.59. The Kier molecular flexibility index (Phi) is 6.12. The van der Waals surface area contributed by atoms with Gasteiger partial charge in [0.2, 0.25) is 0 Å². The Hall–Kier alpha value is -4.58. The van der Waals surface area contributed by atoms with Gasteiger partial charge in [-0.15, -0.1) is 11.3 Å². The van der Waals surface area contributed by atoms with E-state index in [0.717, 1.165) is 62.3 Å². The molecule has 8 rings (SSSR count). The smallest absolute Gasteiger partial charge is 0.306 e. The van der Waals surface area contributed by atoms with Gasteiger partial charge in [-0.1, -0.05) is 12.1 Å². The minimum absolute atomic E-state index is 0.0408. The number of benzene rings is 2. The van der Waals surface area contributed by atoms with Crippen LogP contribution in [-0.4, -0.2) is 55.4 Å². The summed E-state index contributed by atoms with van der Waals surface area (Å²) in [5, 5.41) is 14.2. The van der Waals surface area contributed by atoms with E-state index in [-0.39, 0.29) is 29.0 Å². The van der Waals surface area contributed by atoms with Gasteiger partial charge in [0.15, 0.2) is 11.2 Å². The van der Waals surface area contributed by atoms with E-state index in [0.29, 0.717) is 16.4 Å². The van der Waals surface area contributed by atoms with Crippen molar-refractivity contribution in [1.82, 2.24) is 19.4 Å². The lowest BCUT2D eigenvalue weighted by molar-refractivity contribution is -0.151. The summed E-state index contributed by atoms with van der Waals surface area (Å²) in [5.41, 5.74) is 4.45. The van der Waals surface area contributed by atoms with Crippen LogP contribution in [0.5, 0.6) is 0 Å². The maximum Gasteiger partial charge on any atom is 0.306 e. The first-order valence-corrected chi connectivity index (χ1v) is 15.6. The van der Waals surface area contributed by atoms with E-state index in [1.807, 2.05) is 28.8 Å². The molecule has 10 nitrogen and oxygen atoms in total. The van der Waals surface area contributed by atoms with Gasteiger partial charge in [0, 0.05) is 59.1 Å². The van der Waals surface area contributed by atoms with Gasteiger partial charge in [0.1, 0.15) is 5.82 Å². The molecule has 12 heteroatoms. The highest BCUT2D eigenvalue weighted by Crippen LogP contribution is 2.53. The van der Waals surface area contributed by atoms with Gasteiger partial charge < -0.3 is 19.5 Å². The highest BCUT2D eigenvalue weighted by molar-refractivity contribution is 7.13. The third-order valence-corrected chi connectivity index (χ3v) is 10.3. The number of halogens is 1. The van der Waals surface area contributed by atoms with Crippen molar-refractivity contribution in [1.29, 1.82) is 0 Å². The minimum atomic E-state index is -1.03. The van der Waals surface area contributed by atoms with Crippen molar-refractivity contribution in [3.8, 4) is 11.1 Å². The Morgan fingerprint density at radius 2 is 1.91 bits per heavy atom. The van der Waals surface area contributed by atoms with Crippen LogP contribution in [0.4, 0.5) is 15.2 Å². The molecule has 1 saturated heterocycles. The molecule has 1 spiro atoms. The zero-order chi connectivity index (χ0) is 30.2. The van der Waals surface area contributed by atoms with Crippen molar-refractivity contribution >= 4 is 39.9 Å². The number of carbonyl (C=O) groups excluding carboxylic acids is 2. The molecule has 44 heavy (non-hydrogen) atoms. The molecular weight excluding hydrogens is 583 g/mol. The predicted molar refractivity (Wildman–Crippen MR) is 161 cm³/mol. The molecule has 1 saturated carbocycles. The molecule has 4 aliphatic rings. The maximum atomic E-state index is 15.6. The second-order valence-electron chi connectivity index (χ2n) is 12.4. The summed E-state index contributed by atoms with van der Waals surface area (Å²) in [6, 6.07) is 9.91. The Bertz CT molecular complexity index is 1810. The number of nitrogens with one attached hydrogen (secondary N) is 1. The van der Waals surface area contributed by atoms with Gasteiger partial charge in [0.05, 0.1) is 24.5 Å². The number of hydrogen-bond acceptors (Lipinski definition) is 7. The number of carboxylic acids is 1. The Morgan fingerprint density at radius 3 is 2.64 bits per heavy atom. The lowest BCUT2D eigenvalue weighted by Crippen LogP contribution is -2.63. The van der Waals surface area contributed by atoms with Crippen molar-refractivity contribution in [2.24, 2.45) is 11.3 Å². The van der Waals surface area contributed by atoms with Crippen LogP contribution in [0.3, 0.4) is 0 Å². The van der Waals surface area contributed by atoms with Crippen LogP contribution in [-0.2, 0) is 29.1 Å². The molecule has 1 aliphatic carbocycles. The number of hydrogen-bond donors (Lipinski definition) is 2. The zero-order valence-corrected chi connectivity index (χ0v) is 24.5. The number of carbonyl (C=O) groups is 3. The molecule has 0 radical (unpaired) electrons. The maximum absolute atomic E-state index is 15.6. The molecule has 1 unspecified atom stereocenters. The SMILES string of the molecule is O=C(O)C1CC2(C1)CN(c1ccc(-c3cc(F)c4c(c3)C(=O)N(C(C(=O)Nc3nccs3)c3ncn5c3CCC5)C4)cc1)C2. The molecule has 224 valence electrons. The summed E-state index contributed by atoms with van der Waals surface area (Å²) in [4.78, 5) is 51.1. The van der Waals surface area contributed by atoms with Crippen LogP contribution in [0.15, 0.2) is 54.3 Å². The first-order valence-electron chi connectivity index (χ1n) is 14.7. The standard InChI is InChI=1S/C32H29FN6O4S/c33-24-11-19(18-3-5-21(6-4-18)38-15-32(16-38)12-20(13-32)30(42)43)10-22-23(24)14-39(29(22)41)27(28(40)36-31-34-7-9-44-31)26-25-2-1-8-37(25)17-35-26/h3-7,9-11,17,20,27H,1-2,8,12-16H2,(H,42,43)(H,34,36,40). The van der Waals surface area contributed by atoms with E-state index < -0.39 is 29.6 Å². The van der Waals surface area contributed by atoms with Gasteiger partial charge in [0.25, 0.3) is 11.8 Å². The monoisotopic (exact) mass is 612 g/mol. The van der Waals surface area contributed by atoms with E-state index >= 15 is 4.39 Å². The van der Waals surface area contributed by atoms with Crippen LogP contribution < -0.4 is 10.2 Å². The molecule has 2 fully saturated rings. The largest absolute Gasteiger partial charge is 0.481 e. The molecular formula is C32H29FN6O4S. The number of aryl methyl sites for hydroxylation is 1. The van der Waals surface area contributed by atoms with E-state index in [4.69, 9.17) is 0 Å². The first kappa shape index (κ1) is 27.0. The highest BCUT2D eigenvalue weighted by atomic mass is 32.1. The number of fused-ring (bicyclic) bond motifs is 2. The molecule has 2 aromatic carbocycles. The van der Waals surface area contributed by atoms with E-state index in [1.54, 1.807) is 24.0 Å². The van der Waals surface area contributed by atoms with Crippen LogP contribution >= 0.6 is 11.3 Å². The fraction of sp³-hybridized carbons (Fsp3) is 0.344. The number of aromatic nitrogens is 3. The fourth-order valence-electron chi connectivity index (χ4n) is 7.39. The van der Waals surface area contributed by atoms with Crippen molar-refractivity contribution in [2.45, 2.75) is 44.8 Å². The van der Waals surface area contributed by atoms with Crippen molar-refractivity contribution in [3.05, 3.63) is 82.6 Å². The normalized spacial score (nSPS) is 19.0. The molecule has 3 aliphatic heterocycles. The van der Waals surface area contributed by atoms with Gasteiger partial charge in [-0.3, -0.25) is 19.7 Å². The molecule has 4 aromatic rings. The number of thiazole rings is 1. The summed E-state index contributed by atoms with van der Waals surface area (Å²) in [6.07, 6.45) is 6.44. The predicted octanol–water partition coefficient (Wildman–Crippen LogP) is 4.73. The van der Waals surface area contributed by atoms with Gasteiger partial charge in [-0.05, 0) is 61.1 Å². The average molecular weight is 613 g/mol. The molecule has 2 aromatic heterocycles. The van der Waals surface area contributed by atoms with Crippen LogP contribution in [0.1, 0.15) is 52.6 Å². The highest BCUT2D eigenvalue weighted by Gasteiger charge is 2.54. The quantitative estimate of drug-likeness (QED) is 0.310. The van der Waals surface area contributed by atoms with Crippen LogP contribution in [0.2, 0.25) is 0 Å². The number of imidazole rings is 1. The Morgan fingerprint density at radius 1 is 1.11 bits per heavy atom. The molecule has 5 heterocycles. The minimum Gasteiger partial charge on any atom is -0.481 e. The lowest BCUT2D eigenvalue weighted by atomic mass is 9.57. The zero-order valence-electron chi connectivity index (χ0n) is 23.7. The number of aliphatic carboxylic acids is 1. The summed E-state index contributed by atoms with van der Waals surface area (Å²) in [7, 11) is 0. The Balaban J connectivity index is 1.04. The number of amides is 2. The molecule has 1 atom stereocenters. The van der Waals surface area contributed by atoms with Gasteiger partial charge in [-0.2, -0.15) is 0 Å². The third-order valence-electron chi connectivity index (χ3n) is 9.61. The van der Waals surface area contributed by atoms with E-state index in [1.165, 1.54) is 22.3 Å². The van der Waals surface area contributed by atoms with E-state index in [9.17, 15) is 19.5 Å². The second-order valence-corrected chi connectivity index (χ2v) is 13.3. The summed E-state index contributed by atoms with van der Waals surface area (Å²) < 4.78 is 17.7. The number of nitrogens with zero attached hydrogens (tertiary/aromatic N) is 5. The average Bonchev–Trinajstić information content (AvgIpc) is 3.76. The molecule has 2 N–H and O–H groups in total. The topological polar surface area (TPSA) is 121 Å². The molecule has 2 amide bonds. The summed E-state index contributed by atoms with van der Waals surface area (Å²) in [6.45, 7) is 2.44. The second kappa shape index (κ2) is 9.98. The van der Waals surface area contributed by atoms with E-state index in [2.05, 4.69) is 20.2 Å². The van der Waals surface area contributed by atoms with Crippen LogP contribution in [0, 0.1) is 17.2 Å². The van der Waals surface area contributed by atoms with Crippen molar-refractivity contribution in [2.75, 3.05) is 23.3 Å². The number of carboxylic acid groups (broad SMARTS) is 1. The van der Waals surface area contributed by atoms with Crippen LogP contribution in [0.25, 0.3) is 11.1 Å². The van der Waals surface area contributed by atoms with Gasteiger partial charge >= 0.3 is 5.97 Å². The molecule has 0 bridgehead atoms. The third kappa shape index (κ3) is 4.30. The number of rotatable bonds is 7. The van der Waals surface area contributed by atoms with Gasteiger partial charge in [-0.25, -0.2) is 14.4 Å². The Labute approximate surface area is 256 Å². The summed E-state index contributed by atoms with van der Waals surface area (Å²) >= 11 is 1.28. The first-order chi connectivity index (χ1) is 21.3.